The van der Waals surface area contributed by atoms with Crippen LogP contribution in [0.3, 0.4) is 0 Å². The highest BCUT2D eigenvalue weighted by molar-refractivity contribution is 7.44. The molecule has 0 N–H and O–H groups in total. The number of benzene rings is 4. The van der Waals surface area contributed by atoms with Gasteiger partial charge in [-0.2, -0.15) is 5.26 Å². The standard InChI is InChI=1S/C46H59N2O7P/c1-33(2)48(34(3)4)56(54-29-13-28-47)55-44-42(51-30-35-16-18-36(19-17-35)45(5,6)7)31-52-43(44)32-53-46(37-14-11-10-12-15-37,38-20-24-40(49-8)25-21-38)39-22-26-41(50-9)27-23-39/h10-12,14-27,33-34,42-44H,13,29-32H2,1-9H3/t42-,43+,44-,56?/m0/s1. The summed E-state index contributed by atoms with van der Waals surface area (Å²) in [6, 6.07) is 37.2. The van der Waals surface area contributed by atoms with Crippen LogP contribution in [0.1, 0.15) is 82.7 Å². The van der Waals surface area contributed by atoms with Crippen LogP contribution in [0, 0.1) is 11.3 Å². The molecular weight excluding hydrogens is 723 g/mol. The minimum absolute atomic E-state index is 0.0544. The van der Waals surface area contributed by atoms with Gasteiger partial charge in [0.1, 0.15) is 35.4 Å². The molecule has 1 unspecified atom stereocenters. The molecule has 1 saturated heterocycles. The normalized spacial score (nSPS) is 18.0. The second-order valence-corrected chi connectivity index (χ2v) is 17.0. The highest BCUT2D eigenvalue weighted by atomic mass is 31.2. The van der Waals surface area contributed by atoms with Crippen LogP contribution in [-0.4, -0.2) is 69.1 Å². The molecule has 0 amide bonds. The van der Waals surface area contributed by atoms with Crippen molar-refractivity contribution in [2.45, 2.75) is 103 Å². The van der Waals surface area contributed by atoms with Crippen molar-refractivity contribution in [1.29, 1.82) is 5.26 Å². The summed E-state index contributed by atoms with van der Waals surface area (Å²) < 4.78 is 47.4. The van der Waals surface area contributed by atoms with Gasteiger partial charge in [-0.3, -0.25) is 0 Å². The Morgan fingerprint density at radius 3 is 1.80 bits per heavy atom. The molecule has 0 spiro atoms. The van der Waals surface area contributed by atoms with Crippen molar-refractivity contribution in [3.63, 3.8) is 0 Å². The second-order valence-electron chi connectivity index (χ2n) is 15.6. The lowest BCUT2D eigenvalue weighted by molar-refractivity contribution is -0.0726. The Bertz CT molecular complexity index is 1750. The summed E-state index contributed by atoms with van der Waals surface area (Å²) in [7, 11) is 1.72. The lowest BCUT2D eigenvalue weighted by Gasteiger charge is -2.39. The van der Waals surface area contributed by atoms with Crippen LogP contribution in [0.15, 0.2) is 103 Å². The Hall–Kier alpha value is -3.84. The van der Waals surface area contributed by atoms with E-state index in [0.29, 0.717) is 13.2 Å². The summed E-state index contributed by atoms with van der Waals surface area (Å²) in [6.45, 7) is 16.3. The van der Waals surface area contributed by atoms with E-state index in [1.54, 1.807) is 14.2 Å². The Labute approximate surface area is 335 Å². The fourth-order valence-electron chi connectivity index (χ4n) is 7.05. The average Bonchev–Trinajstić information content (AvgIpc) is 3.58. The van der Waals surface area contributed by atoms with E-state index in [2.05, 4.69) is 95.6 Å². The number of hydrogen-bond acceptors (Lipinski definition) is 9. The molecule has 56 heavy (non-hydrogen) atoms. The Morgan fingerprint density at radius 2 is 1.30 bits per heavy atom. The Balaban J connectivity index is 1.53. The van der Waals surface area contributed by atoms with Crippen LogP contribution >= 0.6 is 8.53 Å². The molecule has 4 aromatic rings. The third-order valence-electron chi connectivity index (χ3n) is 10.0. The van der Waals surface area contributed by atoms with Crippen LogP contribution < -0.4 is 9.47 Å². The Morgan fingerprint density at radius 1 is 0.768 bits per heavy atom. The lowest BCUT2D eigenvalue weighted by atomic mass is 9.80. The first-order valence-electron chi connectivity index (χ1n) is 19.5. The van der Waals surface area contributed by atoms with Gasteiger partial charge in [-0.15, -0.1) is 0 Å². The third-order valence-corrected chi connectivity index (χ3v) is 12.1. The van der Waals surface area contributed by atoms with E-state index >= 15 is 0 Å². The topological polar surface area (TPSA) is 91.6 Å². The van der Waals surface area contributed by atoms with Crippen molar-refractivity contribution in [2.75, 3.05) is 34.0 Å². The van der Waals surface area contributed by atoms with Gasteiger partial charge >= 0.3 is 0 Å². The summed E-state index contributed by atoms with van der Waals surface area (Å²) in [6.07, 6.45) is -1.22. The van der Waals surface area contributed by atoms with Gasteiger partial charge in [-0.1, -0.05) is 99.6 Å². The third kappa shape index (κ3) is 10.6. The number of rotatable bonds is 19. The SMILES string of the molecule is COc1ccc(C(OC[C@H]2OC[C@H](OCc3ccc(C(C)(C)C)cc3)[C@@H]2OP(OCCC#N)N(C(C)C)C(C)C)(c2ccccc2)c2ccc(OC)cc2)cc1. The maximum atomic E-state index is 9.38. The van der Waals surface area contributed by atoms with E-state index in [0.717, 1.165) is 33.8 Å². The molecule has 9 nitrogen and oxygen atoms in total. The average molecular weight is 783 g/mol. The van der Waals surface area contributed by atoms with Crippen LogP contribution in [0.4, 0.5) is 0 Å². The summed E-state index contributed by atoms with van der Waals surface area (Å²) >= 11 is 0. The predicted octanol–water partition coefficient (Wildman–Crippen LogP) is 9.96. The number of hydrogen-bond donors (Lipinski definition) is 0. The van der Waals surface area contributed by atoms with Crippen molar-refractivity contribution < 1.29 is 32.7 Å². The summed E-state index contributed by atoms with van der Waals surface area (Å²) in [4.78, 5) is 0. The maximum Gasteiger partial charge on any atom is 0.259 e. The van der Waals surface area contributed by atoms with E-state index in [-0.39, 0.29) is 37.1 Å². The molecule has 10 heteroatoms. The molecular formula is C46H59N2O7P. The van der Waals surface area contributed by atoms with Gasteiger partial charge in [-0.25, -0.2) is 4.67 Å². The van der Waals surface area contributed by atoms with E-state index in [4.69, 9.17) is 32.7 Å². The van der Waals surface area contributed by atoms with Crippen molar-refractivity contribution in [2.24, 2.45) is 0 Å². The zero-order valence-corrected chi connectivity index (χ0v) is 35.3. The summed E-state index contributed by atoms with van der Waals surface area (Å²) in [5.41, 5.74) is 4.13. The molecule has 1 heterocycles. The quantitative estimate of drug-likeness (QED) is 0.0524. The first-order chi connectivity index (χ1) is 26.9. The first kappa shape index (κ1) is 43.3. The van der Waals surface area contributed by atoms with Crippen molar-refractivity contribution in [1.82, 2.24) is 4.67 Å². The van der Waals surface area contributed by atoms with E-state index in [1.807, 2.05) is 66.7 Å². The number of nitrogens with zero attached hydrogens (tertiary/aromatic N) is 2. The van der Waals surface area contributed by atoms with Crippen LogP contribution in [-0.2, 0) is 40.9 Å². The zero-order valence-electron chi connectivity index (χ0n) is 34.4. The van der Waals surface area contributed by atoms with Crippen molar-refractivity contribution >= 4 is 8.53 Å². The lowest BCUT2D eigenvalue weighted by Crippen LogP contribution is -2.42. The van der Waals surface area contributed by atoms with Gasteiger partial charge in [0.15, 0.2) is 0 Å². The monoisotopic (exact) mass is 782 g/mol. The summed E-state index contributed by atoms with van der Waals surface area (Å²) in [5.74, 6) is 1.49. The van der Waals surface area contributed by atoms with Gasteiger partial charge in [0.2, 0.25) is 0 Å². The number of ether oxygens (including phenoxy) is 5. The number of methoxy groups -OCH3 is 2. The molecule has 0 radical (unpaired) electrons. The fraction of sp³-hybridized carbons (Fsp3) is 0.457. The highest BCUT2D eigenvalue weighted by Gasteiger charge is 2.46. The smallest absolute Gasteiger partial charge is 0.259 e. The van der Waals surface area contributed by atoms with Crippen LogP contribution in [0.5, 0.6) is 11.5 Å². The number of nitriles is 1. The van der Waals surface area contributed by atoms with Gasteiger partial charge in [0, 0.05) is 12.1 Å². The molecule has 1 aliphatic rings. The second kappa shape index (κ2) is 20.0. The molecule has 0 aliphatic carbocycles. The van der Waals surface area contributed by atoms with E-state index in [1.165, 1.54) is 5.56 Å². The molecule has 1 aliphatic heterocycles. The minimum atomic E-state index is -1.60. The molecule has 0 saturated carbocycles. The predicted molar refractivity (Wildman–Crippen MR) is 222 cm³/mol. The molecule has 1 fully saturated rings. The molecule has 0 aromatic heterocycles. The molecule has 5 rings (SSSR count). The molecule has 300 valence electrons. The van der Waals surface area contributed by atoms with Gasteiger partial charge < -0.3 is 32.7 Å². The molecule has 4 atom stereocenters. The first-order valence-corrected chi connectivity index (χ1v) is 20.6. The van der Waals surface area contributed by atoms with Crippen LogP contribution in [0.25, 0.3) is 0 Å². The van der Waals surface area contributed by atoms with Crippen molar-refractivity contribution in [3.05, 3.63) is 131 Å². The van der Waals surface area contributed by atoms with Crippen LogP contribution in [0.2, 0.25) is 0 Å². The van der Waals surface area contributed by atoms with Crippen molar-refractivity contribution in [3.8, 4) is 17.6 Å². The Kier molecular flexibility index (Phi) is 15.5. The van der Waals surface area contributed by atoms with Gasteiger partial charge in [0.25, 0.3) is 8.53 Å². The highest BCUT2D eigenvalue weighted by Crippen LogP contribution is 2.50. The zero-order chi connectivity index (χ0) is 40.3. The largest absolute Gasteiger partial charge is 0.497 e. The summed E-state index contributed by atoms with van der Waals surface area (Å²) in [5, 5.41) is 9.38. The van der Waals surface area contributed by atoms with E-state index < -0.39 is 32.4 Å². The fourth-order valence-corrected chi connectivity index (χ4v) is 8.84. The maximum absolute atomic E-state index is 9.38. The minimum Gasteiger partial charge on any atom is -0.497 e. The molecule has 4 aromatic carbocycles. The van der Waals surface area contributed by atoms with Gasteiger partial charge in [-0.05, 0) is 85.2 Å². The van der Waals surface area contributed by atoms with E-state index in [9.17, 15) is 5.26 Å². The molecule has 0 bridgehead atoms. The van der Waals surface area contributed by atoms with Gasteiger partial charge in [0.05, 0.1) is 53.1 Å².